The number of hydrogen-bond donors (Lipinski definition) is 1. The highest BCUT2D eigenvalue weighted by atomic mass is 19.3. The van der Waals surface area contributed by atoms with Gasteiger partial charge in [0.2, 0.25) is 11.8 Å². The van der Waals surface area contributed by atoms with Crippen molar-refractivity contribution < 1.29 is 13.6 Å². The molecule has 1 radical (unpaired) electrons. The number of rotatable bonds is 1. The minimum absolute atomic E-state index is 0.119. The third kappa shape index (κ3) is 1.87. The number of benzene rings is 1. The molecule has 99 valence electrons. The lowest BCUT2D eigenvalue weighted by Gasteiger charge is -2.35. The van der Waals surface area contributed by atoms with Gasteiger partial charge in [-0.1, -0.05) is 24.4 Å². The normalized spacial score (nSPS) is 23.0. The molecule has 0 atom stereocenters. The van der Waals surface area contributed by atoms with Crippen LogP contribution in [0.1, 0.15) is 31.2 Å². The lowest BCUT2D eigenvalue weighted by atomic mass is 9.67. The Morgan fingerprint density at radius 3 is 2.53 bits per heavy atom. The second kappa shape index (κ2) is 4.05. The molecule has 1 amide bonds. The van der Waals surface area contributed by atoms with Gasteiger partial charge in [0.05, 0.1) is 5.41 Å². The van der Waals surface area contributed by atoms with Gasteiger partial charge in [-0.15, -0.1) is 0 Å². The lowest BCUT2D eigenvalue weighted by molar-refractivity contribution is -0.125. The van der Waals surface area contributed by atoms with Crippen molar-refractivity contribution in [3.05, 3.63) is 23.8 Å². The first-order valence-electron chi connectivity index (χ1n) is 6.60. The number of halogens is 2. The second-order valence-electron chi connectivity index (χ2n) is 5.49. The van der Waals surface area contributed by atoms with Crippen LogP contribution in [0.2, 0.25) is 6.82 Å². The van der Waals surface area contributed by atoms with Gasteiger partial charge < -0.3 is 5.32 Å². The topological polar surface area (TPSA) is 29.1 Å². The number of nitrogens with one attached hydrogen (secondary N) is 1. The predicted molar refractivity (Wildman–Crippen MR) is 71.4 cm³/mol. The molecule has 1 N–H and O–H groups in total. The zero-order chi connectivity index (χ0) is 13.7. The van der Waals surface area contributed by atoms with Crippen molar-refractivity contribution in [1.82, 2.24) is 0 Å². The summed E-state index contributed by atoms with van der Waals surface area (Å²) in [5.74, 6) is -2.74. The third-order valence-electron chi connectivity index (χ3n) is 4.41. The van der Waals surface area contributed by atoms with Gasteiger partial charge in [0.15, 0.2) is 0 Å². The van der Waals surface area contributed by atoms with Crippen molar-refractivity contribution >= 4 is 24.3 Å². The first-order valence-corrected chi connectivity index (χ1v) is 6.60. The monoisotopic (exact) mass is 262 g/mol. The Morgan fingerprint density at radius 1 is 1.21 bits per heavy atom. The molecule has 19 heavy (non-hydrogen) atoms. The number of hydrogen-bond acceptors (Lipinski definition) is 1. The van der Waals surface area contributed by atoms with Crippen LogP contribution in [-0.2, 0) is 10.2 Å². The van der Waals surface area contributed by atoms with E-state index in [0.29, 0.717) is 0 Å². The highest BCUT2D eigenvalue weighted by Crippen LogP contribution is 2.50. The van der Waals surface area contributed by atoms with Gasteiger partial charge in [0.25, 0.3) is 0 Å². The summed E-state index contributed by atoms with van der Waals surface area (Å²) in [6.07, 6.45) is 0.0467. The Balaban J connectivity index is 1.99. The molecule has 5 heteroatoms. The fourth-order valence-corrected chi connectivity index (χ4v) is 3.17. The first kappa shape index (κ1) is 12.6. The van der Waals surface area contributed by atoms with Crippen LogP contribution in [0.3, 0.4) is 0 Å². The van der Waals surface area contributed by atoms with Crippen LogP contribution < -0.4 is 10.8 Å². The van der Waals surface area contributed by atoms with Crippen molar-refractivity contribution in [3.63, 3.8) is 0 Å². The van der Waals surface area contributed by atoms with Gasteiger partial charge in [-0.25, -0.2) is 8.78 Å². The van der Waals surface area contributed by atoms with Gasteiger partial charge in [-0.2, -0.15) is 0 Å². The second-order valence-corrected chi connectivity index (χ2v) is 5.49. The van der Waals surface area contributed by atoms with E-state index < -0.39 is 11.3 Å². The number of amides is 1. The molecule has 0 aromatic heterocycles. The highest BCUT2D eigenvalue weighted by Gasteiger charge is 2.52. The lowest BCUT2D eigenvalue weighted by Crippen LogP contribution is -2.41. The SMILES string of the molecule is C[B]c1ccc2c(c1)NC(=O)C21CCC(F)(F)CC1. The summed E-state index contributed by atoms with van der Waals surface area (Å²) in [4.78, 5) is 12.3. The molecule has 1 aliphatic heterocycles. The summed E-state index contributed by atoms with van der Waals surface area (Å²) in [5, 5.41) is 2.86. The van der Waals surface area contributed by atoms with Crippen LogP contribution in [0.25, 0.3) is 0 Å². The van der Waals surface area contributed by atoms with Crippen molar-refractivity contribution in [2.24, 2.45) is 0 Å². The minimum Gasteiger partial charge on any atom is -0.325 e. The molecule has 3 rings (SSSR count). The molecule has 1 aromatic carbocycles. The zero-order valence-corrected chi connectivity index (χ0v) is 10.8. The van der Waals surface area contributed by atoms with Gasteiger partial charge >= 0.3 is 0 Å². The molecular formula is C14H15BF2NO. The predicted octanol–water partition coefficient (Wildman–Crippen LogP) is 2.46. The van der Waals surface area contributed by atoms with E-state index in [1.807, 2.05) is 32.3 Å². The van der Waals surface area contributed by atoms with Gasteiger partial charge in [0, 0.05) is 18.5 Å². The van der Waals surface area contributed by atoms with Crippen LogP contribution in [0.5, 0.6) is 0 Å². The highest BCUT2D eigenvalue weighted by molar-refractivity contribution is 6.52. The van der Waals surface area contributed by atoms with Crippen LogP contribution in [-0.4, -0.2) is 19.1 Å². The molecule has 1 saturated carbocycles. The summed E-state index contributed by atoms with van der Waals surface area (Å²) in [6, 6.07) is 5.76. The van der Waals surface area contributed by atoms with Crippen molar-refractivity contribution in [2.45, 2.75) is 43.8 Å². The molecule has 1 spiro atoms. The zero-order valence-electron chi connectivity index (χ0n) is 10.8. The summed E-state index contributed by atoms with van der Waals surface area (Å²) in [7, 11) is 1.95. The quantitative estimate of drug-likeness (QED) is 0.774. The number of carbonyl (C=O) groups is 1. The average Bonchev–Trinajstić information content (AvgIpc) is 2.65. The fourth-order valence-electron chi connectivity index (χ4n) is 3.17. The number of anilines is 1. The maximum absolute atomic E-state index is 13.3. The molecule has 0 unspecified atom stereocenters. The maximum atomic E-state index is 13.3. The van der Waals surface area contributed by atoms with Gasteiger partial charge in [-0.05, 0) is 24.5 Å². The fraction of sp³-hybridized carbons (Fsp3) is 0.500. The summed E-state index contributed by atoms with van der Waals surface area (Å²) >= 11 is 0. The summed E-state index contributed by atoms with van der Waals surface area (Å²) < 4.78 is 26.7. The molecule has 1 fully saturated rings. The van der Waals surface area contributed by atoms with Crippen molar-refractivity contribution in [3.8, 4) is 0 Å². The third-order valence-corrected chi connectivity index (χ3v) is 4.41. The number of alkyl halides is 2. The number of carbonyl (C=O) groups excluding carboxylic acids is 1. The Labute approximate surface area is 111 Å². The Hall–Kier alpha value is -1.39. The van der Waals surface area contributed by atoms with Gasteiger partial charge in [-0.3, -0.25) is 4.79 Å². The molecule has 1 aromatic rings. The Bertz CT molecular complexity index is 534. The smallest absolute Gasteiger partial charge is 0.248 e. The van der Waals surface area contributed by atoms with Crippen LogP contribution in [0.4, 0.5) is 14.5 Å². The van der Waals surface area contributed by atoms with E-state index in [1.54, 1.807) is 0 Å². The molecule has 0 saturated heterocycles. The van der Waals surface area contributed by atoms with E-state index in [9.17, 15) is 13.6 Å². The van der Waals surface area contributed by atoms with E-state index in [2.05, 4.69) is 5.32 Å². The largest absolute Gasteiger partial charge is 0.325 e. The molecular weight excluding hydrogens is 247 g/mol. The maximum Gasteiger partial charge on any atom is 0.248 e. The van der Waals surface area contributed by atoms with E-state index in [0.717, 1.165) is 16.7 Å². The first-order chi connectivity index (χ1) is 8.97. The molecule has 1 aliphatic carbocycles. The molecule has 2 aliphatic rings. The Kier molecular flexibility index (Phi) is 2.70. The molecule has 1 heterocycles. The van der Waals surface area contributed by atoms with Crippen LogP contribution in [0.15, 0.2) is 18.2 Å². The van der Waals surface area contributed by atoms with Gasteiger partial charge in [0.1, 0.15) is 7.28 Å². The molecule has 2 nitrogen and oxygen atoms in total. The van der Waals surface area contributed by atoms with E-state index in [1.165, 1.54) is 0 Å². The number of fused-ring (bicyclic) bond motifs is 2. The van der Waals surface area contributed by atoms with E-state index in [-0.39, 0.29) is 31.6 Å². The van der Waals surface area contributed by atoms with Crippen LogP contribution >= 0.6 is 0 Å². The van der Waals surface area contributed by atoms with Crippen LogP contribution in [0, 0.1) is 0 Å². The van der Waals surface area contributed by atoms with E-state index in [4.69, 9.17) is 0 Å². The van der Waals surface area contributed by atoms with Crippen molar-refractivity contribution in [1.29, 1.82) is 0 Å². The summed E-state index contributed by atoms with van der Waals surface area (Å²) in [5.41, 5.74) is 1.96. The van der Waals surface area contributed by atoms with Crippen molar-refractivity contribution in [2.75, 3.05) is 5.32 Å². The van der Waals surface area contributed by atoms with E-state index >= 15 is 0 Å². The standard InChI is InChI=1S/C14H15BF2NO/c1-15-9-2-3-10-11(8-9)18-12(19)13(10)4-6-14(16,17)7-5-13/h2-3,8H,4-7H2,1H3,(H,18,19). The summed E-state index contributed by atoms with van der Waals surface area (Å²) in [6.45, 7) is 1.93. The minimum atomic E-state index is -2.62. The molecule has 0 bridgehead atoms. The Morgan fingerprint density at radius 2 is 1.89 bits per heavy atom. The average molecular weight is 262 g/mol.